The molecular weight excluding hydrogens is 286 g/mol. The second-order valence-electron chi connectivity index (χ2n) is 5.29. The molecule has 112 valence electrons. The molecule has 5 heteroatoms. The first-order valence-electron chi connectivity index (χ1n) is 7.40. The first-order chi connectivity index (χ1) is 11.3. The maximum absolute atomic E-state index is 4.53. The number of hydrogen-bond acceptors (Lipinski definition) is 4. The molecule has 23 heavy (non-hydrogen) atoms. The van der Waals surface area contributed by atoms with Gasteiger partial charge in [0.25, 0.3) is 0 Å². The normalized spacial score (nSPS) is 10.8. The van der Waals surface area contributed by atoms with Crippen molar-refractivity contribution in [1.82, 2.24) is 19.9 Å². The highest BCUT2D eigenvalue weighted by Crippen LogP contribution is 2.21. The van der Waals surface area contributed by atoms with Crippen LogP contribution >= 0.6 is 0 Å². The van der Waals surface area contributed by atoms with E-state index in [9.17, 15) is 0 Å². The maximum atomic E-state index is 4.53. The number of benzene rings is 2. The number of para-hydroxylation sites is 1. The minimum Gasteiger partial charge on any atom is -0.324 e. The fourth-order valence-electron chi connectivity index (χ4n) is 2.55. The Morgan fingerprint density at radius 3 is 2.57 bits per heavy atom. The number of nitrogens with zero attached hydrogens (tertiary/aromatic N) is 3. The summed E-state index contributed by atoms with van der Waals surface area (Å²) in [4.78, 5) is 16.6. The summed E-state index contributed by atoms with van der Waals surface area (Å²) in [7, 11) is 0. The van der Waals surface area contributed by atoms with Crippen LogP contribution in [0.2, 0.25) is 0 Å². The third-order valence-corrected chi connectivity index (χ3v) is 3.68. The molecule has 2 N–H and O–H groups in total. The van der Waals surface area contributed by atoms with E-state index in [1.165, 1.54) is 0 Å². The molecule has 0 saturated carbocycles. The molecule has 0 aliphatic heterocycles. The van der Waals surface area contributed by atoms with Crippen molar-refractivity contribution < 1.29 is 0 Å². The summed E-state index contributed by atoms with van der Waals surface area (Å²) in [5.41, 5.74) is 3.89. The molecule has 0 unspecified atom stereocenters. The summed E-state index contributed by atoms with van der Waals surface area (Å²) in [5.74, 6) is 1.16. The van der Waals surface area contributed by atoms with E-state index in [-0.39, 0.29) is 0 Å². The fourth-order valence-corrected chi connectivity index (χ4v) is 2.55. The van der Waals surface area contributed by atoms with Crippen LogP contribution in [0.5, 0.6) is 0 Å². The van der Waals surface area contributed by atoms with Crippen molar-refractivity contribution in [3.63, 3.8) is 0 Å². The van der Waals surface area contributed by atoms with Crippen LogP contribution in [0, 0.1) is 6.92 Å². The first-order valence-corrected chi connectivity index (χ1v) is 7.40. The second-order valence-corrected chi connectivity index (χ2v) is 5.29. The van der Waals surface area contributed by atoms with Gasteiger partial charge in [-0.3, -0.25) is 5.32 Å². The van der Waals surface area contributed by atoms with Gasteiger partial charge in [0.15, 0.2) is 0 Å². The smallest absolute Gasteiger partial charge is 0.230 e. The third kappa shape index (κ3) is 2.64. The zero-order valence-corrected chi connectivity index (χ0v) is 12.6. The highest BCUT2D eigenvalue weighted by molar-refractivity contribution is 5.81. The van der Waals surface area contributed by atoms with E-state index in [0.29, 0.717) is 11.9 Å². The summed E-state index contributed by atoms with van der Waals surface area (Å²) in [5, 5.41) is 4.20. The van der Waals surface area contributed by atoms with Gasteiger partial charge in [0.05, 0.1) is 23.1 Å². The minimum absolute atomic E-state index is 0.537. The Morgan fingerprint density at radius 1 is 0.913 bits per heavy atom. The summed E-state index contributed by atoms with van der Waals surface area (Å²) >= 11 is 0. The van der Waals surface area contributed by atoms with E-state index < -0.39 is 0 Å². The fraction of sp³-hybridized carbons (Fsp3) is 0.0556. The molecule has 0 fully saturated rings. The topological polar surface area (TPSA) is 66.5 Å². The van der Waals surface area contributed by atoms with Gasteiger partial charge in [-0.15, -0.1) is 0 Å². The maximum Gasteiger partial charge on any atom is 0.230 e. The Bertz CT molecular complexity index is 959. The van der Waals surface area contributed by atoms with Gasteiger partial charge in [0, 0.05) is 5.39 Å². The molecule has 0 saturated heterocycles. The number of imidazole rings is 1. The quantitative estimate of drug-likeness (QED) is 0.598. The van der Waals surface area contributed by atoms with Gasteiger partial charge in [-0.05, 0) is 18.6 Å². The minimum atomic E-state index is 0.537. The van der Waals surface area contributed by atoms with Crippen molar-refractivity contribution in [2.45, 2.75) is 6.92 Å². The van der Waals surface area contributed by atoms with E-state index in [1.54, 1.807) is 6.20 Å². The molecule has 2 aromatic heterocycles. The highest BCUT2D eigenvalue weighted by atomic mass is 15.2. The molecule has 0 bridgehead atoms. The molecule has 2 heterocycles. The second kappa shape index (κ2) is 5.53. The number of anilines is 2. The summed E-state index contributed by atoms with van der Waals surface area (Å²) in [6.07, 6.45) is 1.80. The number of fused-ring (bicyclic) bond motifs is 1. The molecule has 0 radical (unpaired) electrons. The van der Waals surface area contributed by atoms with Crippen LogP contribution in [0.3, 0.4) is 0 Å². The van der Waals surface area contributed by atoms with Crippen LogP contribution in [0.4, 0.5) is 11.9 Å². The number of rotatable bonds is 3. The molecule has 2 aromatic carbocycles. The van der Waals surface area contributed by atoms with E-state index in [2.05, 4.69) is 25.3 Å². The Kier molecular flexibility index (Phi) is 3.24. The lowest BCUT2D eigenvalue weighted by molar-refractivity contribution is 1.13. The van der Waals surface area contributed by atoms with Crippen LogP contribution in [-0.4, -0.2) is 19.9 Å². The number of H-pyrrole nitrogens is 1. The SMILES string of the molecule is Cc1nc(Nc2ncc(-c3ccccc3)[nH]2)nc2ccccc12. The largest absolute Gasteiger partial charge is 0.324 e. The zero-order chi connectivity index (χ0) is 15.6. The molecule has 0 aliphatic carbocycles. The van der Waals surface area contributed by atoms with Gasteiger partial charge in [-0.25, -0.2) is 15.0 Å². The number of aromatic nitrogens is 4. The predicted octanol–water partition coefficient (Wildman–Crippen LogP) is 4.07. The number of nitrogens with one attached hydrogen (secondary N) is 2. The van der Waals surface area contributed by atoms with Crippen LogP contribution in [0.25, 0.3) is 22.2 Å². The monoisotopic (exact) mass is 301 g/mol. The van der Waals surface area contributed by atoms with Gasteiger partial charge >= 0.3 is 0 Å². The molecule has 0 amide bonds. The zero-order valence-electron chi connectivity index (χ0n) is 12.6. The van der Waals surface area contributed by atoms with Gasteiger partial charge in [-0.1, -0.05) is 48.5 Å². The first kappa shape index (κ1) is 13.5. The molecule has 0 aliphatic rings. The Labute approximate surface area is 133 Å². The number of aryl methyl sites for hydroxylation is 1. The van der Waals surface area contributed by atoms with E-state index in [1.807, 2.05) is 61.5 Å². The Morgan fingerprint density at radius 2 is 1.70 bits per heavy atom. The van der Waals surface area contributed by atoms with Crippen LogP contribution in [-0.2, 0) is 0 Å². The van der Waals surface area contributed by atoms with Crippen molar-refractivity contribution >= 4 is 22.8 Å². The van der Waals surface area contributed by atoms with Crippen LogP contribution in [0.1, 0.15) is 5.69 Å². The summed E-state index contributed by atoms with van der Waals surface area (Å²) in [6, 6.07) is 18.0. The van der Waals surface area contributed by atoms with Crippen molar-refractivity contribution in [2.24, 2.45) is 0 Å². The van der Waals surface area contributed by atoms with Gasteiger partial charge in [0.2, 0.25) is 11.9 Å². The third-order valence-electron chi connectivity index (χ3n) is 3.68. The van der Waals surface area contributed by atoms with Gasteiger partial charge < -0.3 is 4.98 Å². The Hall–Kier alpha value is -3.21. The molecular formula is C18H15N5. The average molecular weight is 301 g/mol. The van der Waals surface area contributed by atoms with Crippen molar-refractivity contribution in [1.29, 1.82) is 0 Å². The standard InChI is InChI=1S/C18H15N5/c1-12-14-9-5-6-10-15(14)21-18(20-12)23-17-19-11-16(22-17)13-7-3-2-4-8-13/h2-11H,1H3,(H2,19,20,21,22,23). The van der Waals surface area contributed by atoms with E-state index in [0.717, 1.165) is 27.9 Å². The van der Waals surface area contributed by atoms with Gasteiger partial charge in [0.1, 0.15) is 0 Å². The lowest BCUT2D eigenvalue weighted by Gasteiger charge is -2.05. The predicted molar refractivity (Wildman–Crippen MR) is 91.6 cm³/mol. The highest BCUT2D eigenvalue weighted by Gasteiger charge is 2.07. The summed E-state index contributed by atoms with van der Waals surface area (Å²) < 4.78 is 0. The van der Waals surface area contributed by atoms with Crippen molar-refractivity contribution in [2.75, 3.05) is 5.32 Å². The lowest BCUT2D eigenvalue weighted by atomic mass is 10.2. The Balaban J connectivity index is 1.65. The van der Waals surface area contributed by atoms with Crippen molar-refractivity contribution in [3.05, 3.63) is 66.5 Å². The van der Waals surface area contributed by atoms with E-state index >= 15 is 0 Å². The molecule has 4 aromatic rings. The van der Waals surface area contributed by atoms with Crippen LogP contribution < -0.4 is 5.32 Å². The number of aromatic amines is 1. The van der Waals surface area contributed by atoms with Crippen molar-refractivity contribution in [3.8, 4) is 11.3 Å². The molecule has 0 atom stereocenters. The van der Waals surface area contributed by atoms with E-state index in [4.69, 9.17) is 0 Å². The summed E-state index contributed by atoms with van der Waals surface area (Å²) in [6.45, 7) is 1.98. The molecule has 4 rings (SSSR count). The lowest BCUT2D eigenvalue weighted by Crippen LogP contribution is -2.00. The van der Waals surface area contributed by atoms with Gasteiger partial charge in [-0.2, -0.15) is 0 Å². The average Bonchev–Trinajstić information content (AvgIpc) is 3.04. The molecule has 5 nitrogen and oxygen atoms in total. The van der Waals surface area contributed by atoms with Crippen LogP contribution in [0.15, 0.2) is 60.8 Å². The molecule has 0 spiro atoms. The number of hydrogen-bond donors (Lipinski definition) is 2.